The highest BCUT2D eigenvalue weighted by Gasteiger charge is 2.28. The maximum Gasteiger partial charge on any atom is 0.181 e. The van der Waals surface area contributed by atoms with Crippen molar-refractivity contribution in [1.29, 1.82) is 0 Å². The van der Waals surface area contributed by atoms with E-state index in [9.17, 15) is 9.18 Å². The molecule has 134 valence electrons. The largest absolute Gasteiger partial charge is 0.367 e. The second-order valence-corrected chi connectivity index (χ2v) is 6.76. The number of aromatic nitrogens is 1. The van der Waals surface area contributed by atoms with Crippen LogP contribution in [0.4, 0.5) is 10.1 Å². The minimum atomic E-state index is -0.197. The van der Waals surface area contributed by atoms with Gasteiger partial charge in [-0.15, -0.1) is 0 Å². The van der Waals surface area contributed by atoms with Crippen LogP contribution in [-0.2, 0) is 0 Å². The molecule has 0 spiro atoms. The Hall–Kier alpha value is -2.66. The summed E-state index contributed by atoms with van der Waals surface area (Å²) in [5.41, 5.74) is 2.36. The molecule has 26 heavy (non-hydrogen) atoms. The molecule has 1 saturated heterocycles. The zero-order chi connectivity index (χ0) is 18.1. The predicted octanol–water partition coefficient (Wildman–Crippen LogP) is 3.70. The molecule has 4 nitrogen and oxygen atoms in total. The molecule has 1 aliphatic rings. The third-order valence-corrected chi connectivity index (χ3v) is 5.29. The molecule has 0 saturated carbocycles. The number of Topliss-reactive ketones (excluding diaryl/α,β-unsaturated/α-hetero) is 1. The molecule has 0 bridgehead atoms. The number of aromatic amines is 1. The van der Waals surface area contributed by atoms with E-state index >= 15 is 0 Å². The van der Waals surface area contributed by atoms with Crippen LogP contribution in [0, 0.1) is 5.82 Å². The number of carbonyl (C=O) groups excluding carboxylic acids is 1. The third-order valence-electron chi connectivity index (χ3n) is 5.29. The number of nitrogens with zero attached hydrogens (tertiary/aromatic N) is 2. The van der Waals surface area contributed by atoms with Crippen LogP contribution in [0.3, 0.4) is 0 Å². The van der Waals surface area contributed by atoms with Gasteiger partial charge in [-0.2, -0.15) is 0 Å². The highest BCUT2D eigenvalue weighted by Crippen LogP contribution is 2.23. The minimum Gasteiger partial charge on any atom is -0.367 e. The van der Waals surface area contributed by atoms with Crippen LogP contribution in [0.2, 0.25) is 0 Å². The first-order chi connectivity index (χ1) is 12.6. The number of halogens is 1. The Morgan fingerprint density at radius 3 is 2.50 bits per heavy atom. The first-order valence-electron chi connectivity index (χ1n) is 8.99. The summed E-state index contributed by atoms with van der Waals surface area (Å²) in [4.78, 5) is 20.4. The molecule has 1 aliphatic heterocycles. The summed E-state index contributed by atoms with van der Waals surface area (Å²) in [6, 6.07) is 14.5. The highest BCUT2D eigenvalue weighted by molar-refractivity contribution is 6.10. The first kappa shape index (κ1) is 16.8. The van der Waals surface area contributed by atoms with Crippen molar-refractivity contribution < 1.29 is 9.18 Å². The Morgan fingerprint density at radius 2 is 1.73 bits per heavy atom. The summed E-state index contributed by atoms with van der Waals surface area (Å²) in [6.07, 6.45) is 1.80. The normalized spacial score (nSPS) is 16.8. The van der Waals surface area contributed by atoms with E-state index in [1.807, 2.05) is 43.3 Å². The van der Waals surface area contributed by atoms with E-state index in [2.05, 4.69) is 14.8 Å². The van der Waals surface area contributed by atoms with E-state index in [1.165, 1.54) is 6.07 Å². The number of hydrogen-bond acceptors (Lipinski definition) is 3. The van der Waals surface area contributed by atoms with Gasteiger partial charge in [-0.1, -0.05) is 30.3 Å². The van der Waals surface area contributed by atoms with Crippen molar-refractivity contribution >= 4 is 22.4 Å². The van der Waals surface area contributed by atoms with Gasteiger partial charge in [0.05, 0.1) is 11.7 Å². The smallest absolute Gasteiger partial charge is 0.181 e. The molecular formula is C21H22FN3O. The lowest BCUT2D eigenvalue weighted by atomic mass is 10.0. The van der Waals surface area contributed by atoms with Crippen molar-refractivity contribution in [1.82, 2.24) is 9.88 Å². The molecule has 1 atom stereocenters. The second-order valence-electron chi connectivity index (χ2n) is 6.76. The molecule has 4 rings (SSSR count). The van der Waals surface area contributed by atoms with Crippen molar-refractivity contribution in [3.8, 4) is 0 Å². The van der Waals surface area contributed by atoms with Crippen LogP contribution in [0.25, 0.3) is 10.9 Å². The summed E-state index contributed by atoms with van der Waals surface area (Å²) in [7, 11) is 0. The number of nitrogens with one attached hydrogen (secondary N) is 1. The van der Waals surface area contributed by atoms with Crippen LogP contribution >= 0.6 is 0 Å². The summed E-state index contributed by atoms with van der Waals surface area (Å²) in [6.45, 7) is 4.87. The van der Waals surface area contributed by atoms with E-state index in [1.54, 1.807) is 12.3 Å². The SMILES string of the molecule is C[C@@H](C(=O)c1c[nH]c2ccccc12)N1CCN(c2ccccc2F)CC1. The molecular weight excluding hydrogens is 329 g/mol. The molecule has 2 aromatic carbocycles. The summed E-state index contributed by atoms with van der Waals surface area (Å²) in [5, 5.41) is 0.967. The maximum absolute atomic E-state index is 14.0. The summed E-state index contributed by atoms with van der Waals surface area (Å²) < 4.78 is 14.0. The fourth-order valence-corrected chi connectivity index (χ4v) is 3.72. The van der Waals surface area contributed by atoms with Gasteiger partial charge in [0.1, 0.15) is 5.82 Å². The highest BCUT2D eigenvalue weighted by atomic mass is 19.1. The fraction of sp³-hybridized carbons (Fsp3) is 0.286. The second kappa shape index (κ2) is 6.92. The van der Waals surface area contributed by atoms with Gasteiger partial charge in [-0.25, -0.2) is 4.39 Å². The van der Waals surface area contributed by atoms with Gasteiger partial charge in [0.25, 0.3) is 0 Å². The third kappa shape index (κ3) is 2.99. The van der Waals surface area contributed by atoms with Gasteiger partial charge in [-0.05, 0) is 25.1 Å². The Morgan fingerprint density at radius 1 is 1.04 bits per heavy atom. The van der Waals surface area contributed by atoms with Crippen molar-refractivity contribution in [2.45, 2.75) is 13.0 Å². The maximum atomic E-state index is 14.0. The molecule has 0 unspecified atom stereocenters. The zero-order valence-electron chi connectivity index (χ0n) is 14.8. The zero-order valence-corrected chi connectivity index (χ0v) is 14.8. The van der Waals surface area contributed by atoms with Crippen molar-refractivity contribution in [2.24, 2.45) is 0 Å². The molecule has 0 radical (unpaired) electrons. The van der Waals surface area contributed by atoms with Crippen molar-refractivity contribution in [2.75, 3.05) is 31.1 Å². The van der Waals surface area contributed by atoms with Crippen LogP contribution in [0.1, 0.15) is 17.3 Å². The van der Waals surface area contributed by atoms with E-state index in [-0.39, 0.29) is 17.6 Å². The molecule has 2 heterocycles. The molecule has 0 amide bonds. The van der Waals surface area contributed by atoms with Gasteiger partial charge in [-0.3, -0.25) is 9.69 Å². The number of hydrogen-bond donors (Lipinski definition) is 1. The molecule has 3 aromatic rings. The van der Waals surface area contributed by atoms with Gasteiger partial charge >= 0.3 is 0 Å². The lowest BCUT2D eigenvalue weighted by molar-refractivity contribution is 0.0831. The number of anilines is 1. The van der Waals surface area contributed by atoms with E-state index in [0.29, 0.717) is 18.8 Å². The molecule has 5 heteroatoms. The lowest BCUT2D eigenvalue weighted by Gasteiger charge is -2.38. The average molecular weight is 351 g/mol. The van der Waals surface area contributed by atoms with Gasteiger partial charge in [0.15, 0.2) is 5.78 Å². The number of para-hydroxylation sites is 2. The number of ketones is 1. The van der Waals surface area contributed by atoms with E-state index < -0.39 is 0 Å². The quantitative estimate of drug-likeness (QED) is 0.729. The summed E-state index contributed by atoms with van der Waals surface area (Å²) >= 11 is 0. The topological polar surface area (TPSA) is 39.3 Å². The molecule has 1 N–H and O–H groups in total. The Balaban J connectivity index is 1.46. The molecule has 0 aliphatic carbocycles. The number of rotatable bonds is 4. The van der Waals surface area contributed by atoms with Gasteiger partial charge < -0.3 is 9.88 Å². The summed E-state index contributed by atoms with van der Waals surface area (Å²) in [5.74, 6) is -0.0642. The van der Waals surface area contributed by atoms with Crippen molar-refractivity contribution in [3.05, 3.63) is 66.1 Å². The molecule has 1 fully saturated rings. The Kier molecular flexibility index (Phi) is 4.47. The number of fused-ring (bicyclic) bond motifs is 1. The Bertz CT molecular complexity index is 928. The van der Waals surface area contributed by atoms with Crippen LogP contribution in [0.5, 0.6) is 0 Å². The van der Waals surface area contributed by atoms with E-state index in [0.717, 1.165) is 29.6 Å². The number of H-pyrrole nitrogens is 1. The van der Waals surface area contributed by atoms with Crippen LogP contribution in [0.15, 0.2) is 54.7 Å². The molecule has 1 aromatic heterocycles. The minimum absolute atomic E-state index is 0.127. The standard InChI is InChI=1S/C21H22FN3O/c1-15(21(26)17-14-23-19-8-4-2-6-16(17)19)24-10-12-25(13-11-24)20-9-5-3-7-18(20)22/h2-9,14-15,23H,10-13H2,1H3/t15-/m0/s1. The van der Waals surface area contributed by atoms with Crippen LogP contribution < -0.4 is 4.90 Å². The number of piperazine rings is 1. The number of benzene rings is 2. The van der Waals surface area contributed by atoms with E-state index in [4.69, 9.17) is 0 Å². The monoisotopic (exact) mass is 351 g/mol. The number of carbonyl (C=O) groups is 1. The van der Waals surface area contributed by atoms with Gasteiger partial charge in [0, 0.05) is 48.8 Å². The Labute approximate surface area is 152 Å². The van der Waals surface area contributed by atoms with Crippen molar-refractivity contribution in [3.63, 3.8) is 0 Å². The lowest BCUT2D eigenvalue weighted by Crippen LogP contribution is -2.52. The first-order valence-corrected chi connectivity index (χ1v) is 8.99. The van der Waals surface area contributed by atoms with Crippen LogP contribution in [-0.4, -0.2) is 47.9 Å². The fourth-order valence-electron chi connectivity index (χ4n) is 3.72. The predicted molar refractivity (Wildman–Crippen MR) is 102 cm³/mol. The average Bonchev–Trinajstić information content (AvgIpc) is 3.11. The van der Waals surface area contributed by atoms with Gasteiger partial charge in [0.2, 0.25) is 0 Å².